The molecule has 2 amide bonds. The lowest BCUT2D eigenvalue weighted by Gasteiger charge is -2.37. The van der Waals surface area contributed by atoms with Crippen molar-refractivity contribution >= 4 is 17.7 Å². The summed E-state index contributed by atoms with van der Waals surface area (Å²) < 4.78 is 53.0. The smallest absolute Gasteiger partial charge is 0.416 e. The molecule has 1 N–H and O–H groups in total. The zero-order valence-electron chi connectivity index (χ0n) is 24.5. The van der Waals surface area contributed by atoms with Crippen LogP contribution in [0, 0.1) is 0 Å². The summed E-state index contributed by atoms with van der Waals surface area (Å²) in [5, 5.41) is 6.22. The number of alkyl halides is 3. The number of halogens is 3. The molecule has 0 aliphatic carbocycles. The molecule has 0 bridgehead atoms. The Balaban J connectivity index is 1.52. The molecule has 42 heavy (non-hydrogen) atoms. The monoisotopic (exact) mass is 588 g/mol. The van der Waals surface area contributed by atoms with E-state index in [1.807, 2.05) is 25.7 Å². The number of carbonyl (C=O) groups excluding carboxylic acids is 2. The number of nitrogens with zero attached hydrogens (tertiary/aromatic N) is 5. The molecule has 1 saturated heterocycles. The largest absolute Gasteiger partial charge is 0.444 e. The number of hydrogen-bond acceptors (Lipinski definition) is 8. The maximum Gasteiger partial charge on any atom is 0.416 e. The zero-order chi connectivity index (χ0) is 30.9. The first kappa shape index (κ1) is 30.8. The van der Waals surface area contributed by atoms with Crippen LogP contribution in [0.2, 0.25) is 0 Å². The molecule has 1 aliphatic heterocycles. The first-order valence-electron chi connectivity index (χ1n) is 13.5. The van der Waals surface area contributed by atoms with Gasteiger partial charge in [-0.1, -0.05) is 38.1 Å². The number of amides is 2. The number of ether oxygens (including phenoxy) is 1. The number of rotatable bonds is 5. The molecule has 3 heterocycles. The summed E-state index contributed by atoms with van der Waals surface area (Å²) in [5.74, 6) is -0.775. The van der Waals surface area contributed by atoms with E-state index in [9.17, 15) is 22.8 Å². The lowest BCUT2D eigenvalue weighted by molar-refractivity contribution is -0.138. The van der Waals surface area contributed by atoms with E-state index < -0.39 is 41.3 Å². The molecule has 1 aromatic carbocycles. The van der Waals surface area contributed by atoms with Gasteiger partial charge in [0, 0.05) is 49.9 Å². The number of piperazine rings is 1. The number of carbonyl (C=O) groups is 2. The minimum absolute atomic E-state index is 0.114. The van der Waals surface area contributed by atoms with Crippen LogP contribution < -0.4 is 10.2 Å². The van der Waals surface area contributed by atoms with Crippen molar-refractivity contribution in [1.82, 2.24) is 25.3 Å². The normalized spacial score (nSPS) is 14.6. The van der Waals surface area contributed by atoms with E-state index in [2.05, 4.69) is 20.4 Å². The van der Waals surface area contributed by atoms with Crippen LogP contribution in [-0.4, -0.2) is 63.8 Å². The Morgan fingerprint density at radius 1 is 1.02 bits per heavy atom. The summed E-state index contributed by atoms with van der Waals surface area (Å²) in [5.41, 5.74) is -0.498. The van der Waals surface area contributed by atoms with Crippen LogP contribution >= 0.6 is 0 Å². The minimum Gasteiger partial charge on any atom is -0.444 e. The first-order valence-corrected chi connectivity index (χ1v) is 13.5. The molecule has 13 heteroatoms. The SMILES string of the molecule is CC(C)(C)OC(=O)N1CCN(c2cnccc2-c2ccc(CNC(=O)c3nc(C(C)(C)C)no3)c(C(F)(F)F)c2)CC1. The summed E-state index contributed by atoms with van der Waals surface area (Å²) in [7, 11) is 0. The molecule has 0 saturated carbocycles. The highest BCUT2D eigenvalue weighted by atomic mass is 19.4. The van der Waals surface area contributed by atoms with E-state index >= 15 is 0 Å². The van der Waals surface area contributed by atoms with E-state index in [1.54, 1.807) is 44.0 Å². The number of nitrogens with one attached hydrogen (secondary N) is 1. The molecule has 0 radical (unpaired) electrons. The predicted octanol–water partition coefficient (Wildman–Crippen LogP) is 5.44. The molecular formula is C29H35F3N6O4. The van der Waals surface area contributed by atoms with Crippen LogP contribution in [0.3, 0.4) is 0 Å². The summed E-state index contributed by atoms with van der Waals surface area (Å²) in [6, 6.07) is 5.66. The van der Waals surface area contributed by atoms with Gasteiger partial charge in [-0.25, -0.2) is 4.79 Å². The third-order valence-corrected chi connectivity index (χ3v) is 6.53. The van der Waals surface area contributed by atoms with Crippen LogP contribution in [0.4, 0.5) is 23.7 Å². The van der Waals surface area contributed by atoms with Gasteiger partial charge in [-0.2, -0.15) is 18.2 Å². The molecular weight excluding hydrogens is 553 g/mol. The van der Waals surface area contributed by atoms with Crippen LogP contribution in [0.5, 0.6) is 0 Å². The van der Waals surface area contributed by atoms with Crippen LogP contribution in [0.15, 0.2) is 41.2 Å². The Hall–Kier alpha value is -4.16. The third kappa shape index (κ3) is 7.37. The van der Waals surface area contributed by atoms with E-state index in [1.165, 1.54) is 12.3 Å². The second-order valence-corrected chi connectivity index (χ2v) is 12.1. The van der Waals surface area contributed by atoms with Gasteiger partial charge in [-0.05, 0) is 44.0 Å². The highest BCUT2D eigenvalue weighted by molar-refractivity contribution is 5.89. The lowest BCUT2D eigenvalue weighted by Crippen LogP contribution is -2.50. The van der Waals surface area contributed by atoms with E-state index in [4.69, 9.17) is 9.26 Å². The van der Waals surface area contributed by atoms with Crippen molar-refractivity contribution in [3.8, 4) is 11.1 Å². The van der Waals surface area contributed by atoms with E-state index in [0.29, 0.717) is 48.8 Å². The quantitative estimate of drug-likeness (QED) is 0.420. The van der Waals surface area contributed by atoms with Crippen molar-refractivity contribution in [2.75, 3.05) is 31.1 Å². The van der Waals surface area contributed by atoms with Gasteiger partial charge in [-0.3, -0.25) is 9.78 Å². The van der Waals surface area contributed by atoms with Gasteiger partial charge in [0.1, 0.15) is 5.60 Å². The fraction of sp³-hybridized carbons (Fsp3) is 0.483. The summed E-state index contributed by atoms with van der Waals surface area (Å²) in [4.78, 5) is 36.8. The Bertz CT molecular complexity index is 1430. The fourth-order valence-electron chi connectivity index (χ4n) is 4.37. The molecule has 4 rings (SSSR count). The number of anilines is 1. The number of benzene rings is 1. The minimum atomic E-state index is -4.67. The molecule has 1 aliphatic rings. The van der Waals surface area contributed by atoms with Crippen molar-refractivity contribution < 1.29 is 32.0 Å². The molecule has 0 atom stereocenters. The van der Waals surface area contributed by atoms with Gasteiger partial charge in [-0.15, -0.1) is 0 Å². The van der Waals surface area contributed by atoms with Gasteiger partial charge in [0.25, 0.3) is 0 Å². The molecule has 0 unspecified atom stereocenters. The predicted molar refractivity (Wildman–Crippen MR) is 149 cm³/mol. The Kier molecular flexibility index (Phi) is 8.51. The summed E-state index contributed by atoms with van der Waals surface area (Å²) >= 11 is 0. The first-order chi connectivity index (χ1) is 19.5. The standard InChI is InChI=1S/C29H35F3N6O4/c1-27(2,3)25-35-24(42-36-25)23(39)34-16-19-8-7-18(15-21(19)29(30,31)32)20-9-10-33-17-22(20)37-11-13-38(14-12-37)26(40)41-28(4,5)6/h7-10,15,17H,11-14,16H2,1-6H3,(H,34,39). The van der Waals surface area contributed by atoms with E-state index in [0.717, 1.165) is 6.07 Å². The molecule has 2 aromatic heterocycles. The number of aromatic nitrogens is 3. The maximum absolute atomic E-state index is 14.2. The third-order valence-electron chi connectivity index (χ3n) is 6.53. The summed E-state index contributed by atoms with van der Waals surface area (Å²) in [6.07, 6.45) is -1.95. The molecule has 226 valence electrons. The molecule has 10 nitrogen and oxygen atoms in total. The fourth-order valence-corrected chi connectivity index (χ4v) is 4.37. The lowest BCUT2D eigenvalue weighted by atomic mass is 9.96. The highest BCUT2D eigenvalue weighted by Crippen LogP contribution is 2.38. The van der Waals surface area contributed by atoms with Crippen LogP contribution in [-0.2, 0) is 22.9 Å². The van der Waals surface area contributed by atoms with Gasteiger partial charge >= 0.3 is 24.1 Å². The number of pyridine rings is 1. The van der Waals surface area contributed by atoms with Crippen molar-refractivity contribution in [3.05, 3.63) is 59.5 Å². The van der Waals surface area contributed by atoms with Crippen molar-refractivity contribution in [2.45, 2.75) is 65.3 Å². The van der Waals surface area contributed by atoms with Crippen molar-refractivity contribution in [2.24, 2.45) is 0 Å². The maximum atomic E-state index is 14.2. The molecule has 1 fully saturated rings. The van der Waals surface area contributed by atoms with Crippen molar-refractivity contribution in [1.29, 1.82) is 0 Å². The Morgan fingerprint density at radius 3 is 2.31 bits per heavy atom. The molecule has 0 spiro atoms. The average Bonchev–Trinajstić information content (AvgIpc) is 3.42. The topological polar surface area (TPSA) is 114 Å². The average molecular weight is 589 g/mol. The number of hydrogen-bond donors (Lipinski definition) is 1. The van der Waals surface area contributed by atoms with Gasteiger partial charge in [0.15, 0.2) is 5.82 Å². The second-order valence-electron chi connectivity index (χ2n) is 12.1. The summed E-state index contributed by atoms with van der Waals surface area (Å²) in [6.45, 7) is 12.2. The highest BCUT2D eigenvalue weighted by Gasteiger charge is 2.34. The Labute approximate surface area is 242 Å². The van der Waals surface area contributed by atoms with Gasteiger partial charge in [0.05, 0.1) is 17.4 Å². The van der Waals surface area contributed by atoms with Crippen molar-refractivity contribution in [3.63, 3.8) is 0 Å². The molecule has 3 aromatic rings. The van der Waals surface area contributed by atoms with E-state index in [-0.39, 0.29) is 11.5 Å². The zero-order valence-corrected chi connectivity index (χ0v) is 24.5. The van der Waals surface area contributed by atoms with Crippen LogP contribution in [0.1, 0.15) is 69.2 Å². The van der Waals surface area contributed by atoms with Gasteiger partial charge in [0.2, 0.25) is 0 Å². The Morgan fingerprint density at radius 2 is 1.71 bits per heavy atom. The van der Waals surface area contributed by atoms with Crippen LogP contribution in [0.25, 0.3) is 11.1 Å². The van der Waals surface area contributed by atoms with Gasteiger partial charge < -0.3 is 24.4 Å². The second kappa shape index (κ2) is 11.6.